The van der Waals surface area contributed by atoms with Crippen LogP contribution in [0.4, 0.5) is 0 Å². The topological polar surface area (TPSA) is 52.5 Å². The van der Waals surface area contributed by atoms with Crippen LogP contribution >= 0.6 is 0 Å². The van der Waals surface area contributed by atoms with E-state index in [2.05, 4.69) is 5.32 Å². The van der Waals surface area contributed by atoms with Gasteiger partial charge >= 0.3 is 0 Å². The maximum Gasteiger partial charge on any atom is 0.243 e. The summed E-state index contributed by atoms with van der Waals surface area (Å²) in [5.74, 6) is -1.79. The zero-order valence-corrected chi connectivity index (χ0v) is 7.12. The SMILES string of the molecule is CCC(O)(O)NC1=C[CH]CC=C1. The third-order valence-corrected chi connectivity index (χ3v) is 1.70. The molecule has 0 aromatic rings. The van der Waals surface area contributed by atoms with Gasteiger partial charge in [0.25, 0.3) is 0 Å². The molecule has 1 aliphatic carbocycles. The van der Waals surface area contributed by atoms with Crippen molar-refractivity contribution >= 4 is 0 Å². The van der Waals surface area contributed by atoms with Gasteiger partial charge in [0.2, 0.25) is 5.91 Å². The standard InChI is InChI=1S/C9H14NO2/c1-2-9(11,12)10-8-6-4-3-5-7-8/h4-7,10-12H,2-3H2,1H3. The van der Waals surface area contributed by atoms with Gasteiger partial charge in [-0.15, -0.1) is 0 Å². The Balaban J connectivity index is 2.50. The average Bonchev–Trinajstić information content (AvgIpc) is 2.06. The summed E-state index contributed by atoms with van der Waals surface area (Å²) in [5.41, 5.74) is 0.730. The van der Waals surface area contributed by atoms with Gasteiger partial charge in [-0.05, 0) is 18.9 Å². The average molecular weight is 168 g/mol. The van der Waals surface area contributed by atoms with E-state index in [1.54, 1.807) is 6.92 Å². The highest BCUT2D eigenvalue weighted by Crippen LogP contribution is 2.10. The molecule has 1 rings (SSSR count). The van der Waals surface area contributed by atoms with Crippen LogP contribution < -0.4 is 5.32 Å². The molecule has 3 N–H and O–H groups in total. The van der Waals surface area contributed by atoms with Gasteiger partial charge in [-0.3, -0.25) is 0 Å². The summed E-state index contributed by atoms with van der Waals surface area (Å²) in [5, 5.41) is 21.1. The molecule has 0 fully saturated rings. The van der Waals surface area contributed by atoms with Gasteiger partial charge in [-0.1, -0.05) is 19.1 Å². The fourth-order valence-corrected chi connectivity index (χ4v) is 0.927. The highest BCUT2D eigenvalue weighted by Gasteiger charge is 2.19. The molecule has 1 radical (unpaired) electrons. The molecule has 0 atom stereocenters. The van der Waals surface area contributed by atoms with Gasteiger partial charge < -0.3 is 15.5 Å². The monoisotopic (exact) mass is 168 g/mol. The first-order valence-corrected chi connectivity index (χ1v) is 4.07. The van der Waals surface area contributed by atoms with Crippen LogP contribution in [0, 0.1) is 6.42 Å². The van der Waals surface area contributed by atoms with Gasteiger partial charge in [0.1, 0.15) is 0 Å². The quantitative estimate of drug-likeness (QED) is 0.543. The molecule has 0 saturated carbocycles. The van der Waals surface area contributed by atoms with E-state index < -0.39 is 5.91 Å². The molecule has 0 amide bonds. The number of hydrogen-bond donors (Lipinski definition) is 3. The molecule has 0 aromatic heterocycles. The molecule has 12 heavy (non-hydrogen) atoms. The van der Waals surface area contributed by atoms with Crippen LogP contribution in [0.3, 0.4) is 0 Å². The molecule has 3 nitrogen and oxygen atoms in total. The minimum atomic E-state index is -1.79. The summed E-state index contributed by atoms with van der Waals surface area (Å²) in [6.07, 6.45) is 8.72. The Kier molecular flexibility index (Phi) is 2.89. The van der Waals surface area contributed by atoms with E-state index in [0.29, 0.717) is 0 Å². The minimum absolute atomic E-state index is 0.248. The Morgan fingerprint density at radius 2 is 2.33 bits per heavy atom. The van der Waals surface area contributed by atoms with Crippen molar-refractivity contribution in [2.75, 3.05) is 0 Å². The van der Waals surface area contributed by atoms with Gasteiger partial charge in [0.05, 0.1) is 0 Å². The number of allylic oxidation sites excluding steroid dienone is 3. The molecule has 0 saturated heterocycles. The molecule has 0 spiro atoms. The van der Waals surface area contributed by atoms with Crippen molar-refractivity contribution < 1.29 is 10.2 Å². The lowest BCUT2D eigenvalue weighted by molar-refractivity contribution is -0.179. The van der Waals surface area contributed by atoms with E-state index >= 15 is 0 Å². The Morgan fingerprint density at radius 3 is 2.83 bits per heavy atom. The number of aliphatic hydroxyl groups is 2. The van der Waals surface area contributed by atoms with E-state index in [1.165, 1.54) is 0 Å². The van der Waals surface area contributed by atoms with Crippen molar-refractivity contribution in [3.8, 4) is 0 Å². The van der Waals surface area contributed by atoms with Crippen LogP contribution in [0.1, 0.15) is 19.8 Å². The molecule has 0 bridgehead atoms. The lowest BCUT2D eigenvalue weighted by Crippen LogP contribution is -2.43. The molecule has 0 aromatic carbocycles. The molecule has 0 heterocycles. The first kappa shape index (κ1) is 9.29. The van der Waals surface area contributed by atoms with Crippen LogP contribution in [0.2, 0.25) is 0 Å². The molecule has 1 aliphatic rings. The maximum atomic E-state index is 9.23. The minimum Gasteiger partial charge on any atom is -0.349 e. The number of hydrogen-bond acceptors (Lipinski definition) is 3. The normalized spacial score (nSPS) is 17.4. The van der Waals surface area contributed by atoms with Crippen LogP contribution in [-0.4, -0.2) is 16.1 Å². The van der Waals surface area contributed by atoms with Crippen molar-refractivity contribution in [3.63, 3.8) is 0 Å². The highest BCUT2D eigenvalue weighted by molar-refractivity contribution is 5.25. The van der Waals surface area contributed by atoms with Gasteiger partial charge in [0.15, 0.2) is 0 Å². The number of nitrogens with one attached hydrogen (secondary N) is 1. The van der Waals surface area contributed by atoms with E-state index in [9.17, 15) is 10.2 Å². The second-order valence-electron chi connectivity index (χ2n) is 2.79. The van der Waals surface area contributed by atoms with Crippen LogP contribution in [0.5, 0.6) is 0 Å². The van der Waals surface area contributed by atoms with Crippen LogP contribution in [0.25, 0.3) is 0 Å². The second-order valence-corrected chi connectivity index (χ2v) is 2.79. The second kappa shape index (κ2) is 3.74. The summed E-state index contributed by atoms with van der Waals surface area (Å²) in [7, 11) is 0. The summed E-state index contributed by atoms with van der Waals surface area (Å²) < 4.78 is 0. The van der Waals surface area contributed by atoms with Crippen molar-refractivity contribution in [1.29, 1.82) is 0 Å². The van der Waals surface area contributed by atoms with Crippen LogP contribution in [-0.2, 0) is 0 Å². The number of rotatable bonds is 3. The highest BCUT2D eigenvalue weighted by atomic mass is 16.5. The lowest BCUT2D eigenvalue weighted by atomic mass is 10.1. The maximum absolute atomic E-state index is 9.23. The Hall–Kier alpha value is -0.800. The Morgan fingerprint density at radius 1 is 1.58 bits per heavy atom. The van der Waals surface area contributed by atoms with Gasteiger partial charge in [-0.2, -0.15) is 0 Å². The van der Waals surface area contributed by atoms with Crippen molar-refractivity contribution in [1.82, 2.24) is 5.32 Å². The summed E-state index contributed by atoms with van der Waals surface area (Å²) >= 11 is 0. The zero-order valence-electron chi connectivity index (χ0n) is 7.12. The fourth-order valence-electron chi connectivity index (χ4n) is 0.927. The summed E-state index contributed by atoms with van der Waals surface area (Å²) in [6, 6.07) is 0. The van der Waals surface area contributed by atoms with E-state index in [-0.39, 0.29) is 6.42 Å². The molecular weight excluding hydrogens is 154 g/mol. The van der Waals surface area contributed by atoms with E-state index in [0.717, 1.165) is 12.1 Å². The third-order valence-electron chi connectivity index (χ3n) is 1.70. The molecule has 67 valence electrons. The largest absolute Gasteiger partial charge is 0.349 e. The van der Waals surface area contributed by atoms with Crippen molar-refractivity contribution in [3.05, 3.63) is 30.3 Å². The summed E-state index contributed by atoms with van der Waals surface area (Å²) in [6.45, 7) is 1.70. The first-order valence-electron chi connectivity index (χ1n) is 4.07. The first-order chi connectivity index (χ1) is 5.64. The zero-order chi connectivity index (χ0) is 9.03. The predicted molar refractivity (Wildman–Crippen MR) is 46.7 cm³/mol. The molecule has 0 unspecified atom stereocenters. The van der Waals surface area contributed by atoms with Gasteiger partial charge in [0, 0.05) is 12.1 Å². The fraction of sp³-hybridized carbons (Fsp3) is 0.444. The van der Waals surface area contributed by atoms with Crippen molar-refractivity contribution in [2.24, 2.45) is 0 Å². The van der Waals surface area contributed by atoms with Crippen LogP contribution in [0.15, 0.2) is 23.9 Å². The van der Waals surface area contributed by atoms with E-state index in [4.69, 9.17) is 0 Å². The Labute approximate surface area is 72.4 Å². The molecule has 3 heteroatoms. The Bertz CT molecular complexity index is 207. The van der Waals surface area contributed by atoms with E-state index in [1.807, 2.05) is 24.6 Å². The van der Waals surface area contributed by atoms with Gasteiger partial charge in [-0.25, -0.2) is 0 Å². The third kappa shape index (κ3) is 2.68. The smallest absolute Gasteiger partial charge is 0.243 e. The molecular formula is C9H14NO2. The summed E-state index contributed by atoms with van der Waals surface area (Å²) in [4.78, 5) is 0. The van der Waals surface area contributed by atoms with Crippen molar-refractivity contribution in [2.45, 2.75) is 25.7 Å². The lowest BCUT2D eigenvalue weighted by Gasteiger charge is -2.23. The predicted octanol–water partition coefficient (Wildman–Crippen LogP) is 0.672. The molecule has 0 aliphatic heterocycles.